The summed E-state index contributed by atoms with van der Waals surface area (Å²) in [7, 11) is 1.48. The van der Waals surface area contributed by atoms with E-state index in [4.69, 9.17) is 14.5 Å². The van der Waals surface area contributed by atoms with Gasteiger partial charge < -0.3 is 14.0 Å². The minimum atomic E-state index is -0.655. The van der Waals surface area contributed by atoms with Gasteiger partial charge in [0.05, 0.1) is 24.7 Å². The minimum absolute atomic E-state index is 0.0537. The van der Waals surface area contributed by atoms with E-state index in [1.165, 1.54) is 17.6 Å². The van der Waals surface area contributed by atoms with Crippen molar-refractivity contribution in [1.29, 1.82) is 0 Å². The van der Waals surface area contributed by atoms with Crippen molar-refractivity contribution in [2.75, 3.05) is 13.7 Å². The van der Waals surface area contributed by atoms with Crippen LogP contribution >= 0.6 is 0 Å². The van der Waals surface area contributed by atoms with E-state index < -0.39 is 11.9 Å². The molecule has 0 radical (unpaired) electrons. The highest BCUT2D eigenvalue weighted by molar-refractivity contribution is 5.99. The Balaban J connectivity index is 1.90. The van der Waals surface area contributed by atoms with Crippen LogP contribution in [0.2, 0.25) is 0 Å². The van der Waals surface area contributed by atoms with Crippen LogP contribution in [0.5, 0.6) is 5.75 Å². The van der Waals surface area contributed by atoms with E-state index in [9.17, 15) is 14.4 Å². The van der Waals surface area contributed by atoms with Crippen LogP contribution in [0, 0.1) is 0 Å². The number of hydrogen-bond donors (Lipinski definition) is 0. The second kappa shape index (κ2) is 10.4. The molecule has 9 heteroatoms. The molecule has 0 spiro atoms. The minimum Gasteiger partial charge on any atom is -0.496 e. The van der Waals surface area contributed by atoms with E-state index in [0.29, 0.717) is 17.0 Å². The molecule has 37 heavy (non-hydrogen) atoms. The van der Waals surface area contributed by atoms with Gasteiger partial charge in [-0.3, -0.25) is 14.0 Å². The number of fused-ring (bicyclic) bond motifs is 2. The Morgan fingerprint density at radius 1 is 1.05 bits per heavy atom. The van der Waals surface area contributed by atoms with E-state index in [1.54, 1.807) is 49.5 Å². The number of aromatic nitrogens is 3. The van der Waals surface area contributed by atoms with Gasteiger partial charge in [0.2, 0.25) is 0 Å². The lowest BCUT2D eigenvalue weighted by molar-refractivity contribution is 0.0523. The number of benzene rings is 1. The summed E-state index contributed by atoms with van der Waals surface area (Å²) in [6.07, 6.45) is 6.33. The Morgan fingerprint density at radius 3 is 2.57 bits per heavy atom. The molecule has 1 aromatic carbocycles. The lowest BCUT2D eigenvalue weighted by Crippen LogP contribution is -2.35. The lowest BCUT2D eigenvalue weighted by Gasteiger charge is -2.27. The van der Waals surface area contributed by atoms with E-state index >= 15 is 0 Å². The monoisotopic (exact) mass is 500 g/mol. The summed E-state index contributed by atoms with van der Waals surface area (Å²) in [6, 6.07) is 13.5. The maximum absolute atomic E-state index is 13.5. The van der Waals surface area contributed by atoms with Crippen molar-refractivity contribution in [3.05, 3.63) is 81.7 Å². The van der Waals surface area contributed by atoms with Crippen molar-refractivity contribution in [3.63, 3.8) is 0 Å². The fourth-order valence-corrected chi connectivity index (χ4v) is 4.98. The maximum Gasteiger partial charge on any atom is 0.341 e. The third kappa shape index (κ3) is 4.52. The van der Waals surface area contributed by atoms with Crippen LogP contribution in [0.25, 0.3) is 16.7 Å². The number of esters is 1. The molecular formula is C28H28N4O5. The molecule has 4 aromatic rings. The van der Waals surface area contributed by atoms with Gasteiger partial charge in [0.25, 0.3) is 11.5 Å². The van der Waals surface area contributed by atoms with Gasteiger partial charge in [0, 0.05) is 12.2 Å². The molecule has 9 nitrogen and oxygen atoms in total. The second-order valence-corrected chi connectivity index (χ2v) is 8.96. The Bertz CT molecular complexity index is 1630. The number of ether oxygens (including phenoxy) is 2. The van der Waals surface area contributed by atoms with Crippen LogP contribution in [-0.4, -0.2) is 39.5 Å². The molecule has 5 rings (SSSR count). The first kappa shape index (κ1) is 24.4. The molecule has 1 amide bonds. The summed E-state index contributed by atoms with van der Waals surface area (Å²) < 4.78 is 14.0. The molecule has 3 heterocycles. The number of carbonyl (C=O) groups is 2. The topological polar surface area (TPSA) is 104 Å². The van der Waals surface area contributed by atoms with Gasteiger partial charge >= 0.3 is 5.97 Å². The molecule has 190 valence electrons. The zero-order valence-electron chi connectivity index (χ0n) is 20.8. The van der Waals surface area contributed by atoms with Crippen LogP contribution in [0.3, 0.4) is 0 Å². The van der Waals surface area contributed by atoms with Crippen molar-refractivity contribution in [2.24, 2.45) is 4.99 Å². The van der Waals surface area contributed by atoms with E-state index in [2.05, 4.69) is 4.99 Å². The number of methoxy groups -OCH3 is 1. The van der Waals surface area contributed by atoms with Crippen LogP contribution in [0.4, 0.5) is 0 Å². The molecule has 1 fully saturated rings. The maximum atomic E-state index is 13.5. The largest absolute Gasteiger partial charge is 0.496 e. The van der Waals surface area contributed by atoms with Crippen molar-refractivity contribution >= 4 is 28.6 Å². The second-order valence-electron chi connectivity index (χ2n) is 8.96. The fraction of sp³-hybridized carbons (Fsp3) is 0.321. The summed E-state index contributed by atoms with van der Waals surface area (Å²) in [6.45, 7) is 1.84. The third-order valence-corrected chi connectivity index (χ3v) is 6.71. The van der Waals surface area contributed by atoms with Crippen molar-refractivity contribution in [3.8, 4) is 5.75 Å². The van der Waals surface area contributed by atoms with Gasteiger partial charge in [-0.25, -0.2) is 9.78 Å². The van der Waals surface area contributed by atoms with Gasteiger partial charge in [-0.05, 0) is 50.1 Å². The van der Waals surface area contributed by atoms with Crippen molar-refractivity contribution < 1.29 is 19.1 Å². The predicted molar refractivity (Wildman–Crippen MR) is 138 cm³/mol. The molecule has 3 aromatic heterocycles. The number of carbonyl (C=O) groups excluding carboxylic acids is 2. The highest BCUT2D eigenvalue weighted by Gasteiger charge is 2.25. The quantitative estimate of drug-likeness (QED) is 0.302. The summed E-state index contributed by atoms with van der Waals surface area (Å²) >= 11 is 0. The summed E-state index contributed by atoms with van der Waals surface area (Å²) in [5.74, 6) is -0.844. The first-order valence-corrected chi connectivity index (χ1v) is 12.5. The average molecular weight is 501 g/mol. The highest BCUT2D eigenvalue weighted by Crippen LogP contribution is 2.29. The highest BCUT2D eigenvalue weighted by atomic mass is 16.5. The summed E-state index contributed by atoms with van der Waals surface area (Å²) in [5.41, 5.74) is 1.01. The summed E-state index contributed by atoms with van der Waals surface area (Å²) in [5, 5.41) is 0.265. The first-order valence-electron chi connectivity index (χ1n) is 12.5. The van der Waals surface area contributed by atoms with Crippen LogP contribution in [0.15, 0.2) is 64.5 Å². The number of amides is 1. The summed E-state index contributed by atoms with van der Waals surface area (Å²) in [4.78, 5) is 49.5. The van der Waals surface area contributed by atoms with E-state index in [0.717, 1.165) is 32.1 Å². The molecule has 1 aliphatic carbocycles. The molecule has 0 bridgehead atoms. The third-order valence-electron chi connectivity index (χ3n) is 6.71. The Hall–Kier alpha value is -4.27. The smallest absolute Gasteiger partial charge is 0.341 e. The van der Waals surface area contributed by atoms with Crippen LogP contribution in [0.1, 0.15) is 65.8 Å². The number of para-hydroxylation sites is 1. The first-order chi connectivity index (χ1) is 18.0. The Kier molecular flexibility index (Phi) is 6.85. The zero-order valence-corrected chi connectivity index (χ0v) is 20.8. The van der Waals surface area contributed by atoms with Crippen molar-refractivity contribution in [1.82, 2.24) is 14.0 Å². The van der Waals surface area contributed by atoms with Gasteiger partial charge in [-0.2, -0.15) is 4.99 Å². The van der Waals surface area contributed by atoms with E-state index in [-0.39, 0.29) is 40.2 Å². The molecule has 0 N–H and O–H groups in total. The average Bonchev–Trinajstić information content (AvgIpc) is 2.93. The number of rotatable bonds is 5. The molecular weight excluding hydrogens is 472 g/mol. The molecule has 0 aliphatic heterocycles. The number of pyridine rings is 2. The Morgan fingerprint density at radius 2 is 1.81 bits per heavy atom. The molecule has 0 saturated heterocycles. The van der Waals surface area contributed by atoms with Gasteiger partial charge in [-0.1, -0.05) is 37.5 Å². The van der Waals surface area contributed by atoms with E-state index in [1.807, 2.05) is 10.6 Å². The number of hydrogen-bond acceptors (Lipinski definition) is 6. The molecule has 0 unspecified atom stereocenters. The van der Waals surface area contributed by atoms with Gasteiger partial charge in [0.15, 0.2) is 5.49 Å². The molecule has 1 aliphatic rings. The SMILES string of the molecule is CCOC(=O)c1cc2c(=O)n3ccccc3nc2n(C2CCCCC2)c1=NC(=O)c1ccccc1OC. The normalized spacial score (nSPS) is 14.7. The molecule has 0 atom stereocenters. The van der Waals surface area contributed by atoms with Gasteiger partial charge in [-0.15, -0.1) is 0 Å². The van der Waals surface area contributed by atoms with Crippen molar-refractivity contribution in [2.45, 2.75) is 45.1 Å². The Labute approximate surface area is 213 Å². The zero-order chi connectivity index (χ0) is 25.9. The molecule has 1 saturated carbocycles. The lowest BCUT2D eigenvalue weighted by atomic mass is 9.94. The fourth-order valence-electron chi connectivity index (χ4n) is 4.98. The van der Waals surface area contributed by atoms with Crippen LogP contribution < -0.4 is 15.8 Å². The standard InChI is InChI=1S/C28H28N4O5/c1-3-37-28(35)21-17-20-24(29-23-15-9-10-16-31(23)27(20)34)32(18-11-5-4-6-12-18)25(21)30-26(33)19-13-7-8-14-22(19)36-2/h7-10,13-18H,3-6,11-12H2,1-2H3. The number of nitrogens with zero attached hydrogens (tertiary/aromatic N) is 4. The predicted octanol–water partition coefficient (Wildman–Crippen LogP) is 4.08. The van der Waals surface area contributed by atoms with Gasteiger partial charge in [0.1, 0.15) is 22.6 Å². The van der Waals surface area contributed by atoms with Crippen LogP contribution in [-0.2, 0) is 4.74 Å².